The van der Waals surface area contributed by atoms with Crippen LogP contribution in [0.4, 0.5) is 13.2 Å². The summed E-state index contributed by atoms with van der Waals surface area (Å²) in [4.78, 5) is 0.0397. The monoisotopic (exact) mass is 293 g/mol. The molecule has 1 aliphatic heterocycles. The maximum absolute atomic E-state index is 12.7. The Bertz CT molecular complexity index is 528. The predicted molar refractivity (Wildman–Crippen MR) is 64.0 cm³/mol. The highest BCUT2D eigenvalue weighted by Crippen LogP contribution is 2.34. The number of hydrogen-bond donors (Lipinski definition) is 0. The van der Waals surface area contributed by atoms with Crippen molar-refractivity contribution in [1.29, 1.82) is 0 Å². The highest BCUT2D eigenvalue weighted by atomic mass is 32.2. The van der Waals surface area contributed by atoms with Crippen molar-refractivity contribution >= 4 is 10.0 Å². The molecule has 2 rings (SSSR count). The van der Waals surface area contributed by atoms with Gasteiger partial charge in [-0.3, -0.25) is 0 Å². The van der Waals surface area contributed by atoms with Gasteiger partial charge in [-0.25, -0.2) is 8.42 Å². The van der Waals surface area contributed by atoms with Gasteiger partial charge >= 0.3 is 6.18 Å². The maximum Gasteiger partial charge on any atom is 0.393 e. The van der Waals surface area contributed by atoms with Crippen molar-refractivity contribution in [2.75, 3.05) is 13.1 Å². The fraction of sp³-hybridized carbons (Fsp3) is 0.500. The fourth-order valence-electron chi connectivity index (χ4n) is 2.17. The first-order valence-electron chi connectivity index (χ1n) is 5.94. The van der Waals surface area contributed by atoms with Crippen molar-refractivity contribution in [2.24, 2.45) is 5.92 Å². The molecule has 1 atom stereocenters. The molecule has 0 bridgehead atoms. The van der Waals surface area contributed by atoms with Gasteiger partial charge in [-0.1, -0.05) is 18.2 Å². The second kappa shape index (κ2) is 5.13. The van der Waals surface area contributed by atoms with Crippen LogP contribution in [-0.2, 0) is 10.0 Å². The summed E-state index contributed by atoms with van der Waals surface area (Å²) in [6, 6.07) is 7.56. The summed E-state index contributed by atoms with van der Waals surface area (Å²) in [6.07, 6.45) is -4.12. The van der Waals surface area contributed by atoms with Crippen molar-refractivity contribution in [2.45, 2.75) is 23.9 Å². The lowest BCUT2D eigenvalue weighted by atomic mass is 9.99. The summed E-state index contributed by atoms with van der Waals surface area (Å²) in [5.74, 6) is -1.57. The Balaban J connectivity index is 2.22. The molecule has 3 nitrogen and oxygen atoms in total. The van der Waals surface area contributed by atoms with Crippen molar-refractivity contribution in [1.82, 2.24) is 4.31 Å². The zero-order valence-corrected chi connectivity index (χ0v) is 10.9. The van der Waals surface area contributed by atoms with E-state index in [0.717, 1.165) is 4.31 Å². The number of alkyl halides is 3. The minimum absolute atomic E-state index is 0.00961. The lowest BCUT2D eigenvalue weighted by molar-refractivity contribution is -0.182. The van der Waals surface area contributed by atoms with Gasteiger partial charge in [0.1, 0.15) is 0 Å². The molecule has 1 aliphatic rings. The van der Waals surface area contributed by atoms with Crippen molar-refractivity contribution in [3.05, 3.63) is 30.3 Å². The molecule has 106 valence electrons. The summed E-state index contributed by atoms with van der Waals surface area (Å²) < 4.78 is 63.4. The summed E-state index contributed by atoms with van der Waals surface area (Å²) in [5.41, 5.74) is 0. The van der Waals surface area contributed by atoms with Gasteiger partial charge in [0, 0.05) is 13.1 Å². The van der Waals surface area contributed by atoms with Gasteiger partial charge in [-0.15, -0.1) is 0 Å². The quantitative estimate of drug-likeness (QED) is 0.840. The zero-order valence-electron chi connectivity index (χ0n) is 10.1. The van der Waals surface area contributed by atoms with Crippen LogP contribution in [0.3, 0.4) is 0 Å². The Kier molecular flexibility index (Phi) is 3.87. The SMILES string of the molecule is O=S(=O)(c1ccccc1)N1CCCC(C(F)(F)F)C1. The molecule has 1 heterocycles. The number of hydrogen-bond acceptors (Lipinski definition) is 2. The summed E-state index contributed by atoms with van der Waals surface area (Å²) in [6.45, 7) is -0.343. The van der Waals surface area contributed by atoms with E-state index in [1.165, 1.54) is 12.1 Å². The van der Waals surface area contributed by atoms with Crippen molar-refractivity contribution in [3.8, 4) is 0 Å². The molecule has 0 spiro atoms. The lowest BCUT2D eigenvalue weighted by Crippen LogP contribution is -2.44. The molecule has 0 amide bonds. The third-order valence-electron chi connectivity index (χ3n) is 3.23. The van der Waals surface area contributed by atoms with Crippen LogP contribution < -0.4 is 0 Å². The average molecular weight is 293 g/mol. The van der Waals surface area contributed by atoms with Gasteiger partial charge in [0.15, 0.2) is 0 Å². The number of piperidine rings is 1. The number of halogens is 3. The van der Waals surface area contributed by atoms with Crippen LogP contribution in [0.5, 0.6) is 0 Å². The molecule has 0 aromatic heterocycles. The first-order valence-corrected chi connectivity index (χ1v) is 7.38. The molecule has 1 aromatic rings. The van der Waals surface area contributed by atoms with Crippen LogP contribution in [0.25, 0.3) is 0 Å². The van der Waals surface area contributed by atoms with E-state index in [0.29, 0.717) is 0 Å². The van der Waals surface area contributed by atoms with Crippen LogP contribution in [0.1, 0.15) is 12.8 Å². The second-order valence-corrected chi connectivity index (χ2v) is 6.49. The molecule has 1 aromatic carbocycles. The first kappa shape index (κ1) is 14.3. The molecule has 1 fully saturated rings. The van der Waals surface area contributed by atoms with E-state index in [9.17, 15) is 21.6 Å². The molecule has 0 aliphatic carbocycles. The van der Waals surface area contributed by atoms with E-state index >= 15 is 0 Å². The topological polar surface area (TPSA) is 37.4 Å². The number of benzene rings is 1. The van der Waals surface area contributed by atoms with Gasteiger partial charge in [-0.05, 0) is 25.0 Å². The second-order valence-electron chi connectivity index (χ2n) is 4.56. The van der Waals surface area contributed by atoms with Crippen LogP contribution >= 0.6 is 0 Å². The number of nitrogens with zero attached hydrogens (tertiary/aromatic N) is 1. The molecule has 0 N–H and O–H groups in total. The minimum Gasteiger partial charge on any atom is -0.207 e. The third kappa shape index (κ3) is 3.09. The Hall–Kier alpha value is -1.08. The van der Waals surface area contributed by atoms with Gasteiger partial charge in [-0.2, -0.15) is 17.5 Å². The van der Waals surface area contributed by atoms with E-state index in [1.54, 1.807) is 18.2 Å². The third-order valence-corrected chi connectivity index (χ3v) is 5.11. The number of sulfonamides is 1. The largest absolute Gasteiger partial charge is 0.393 e. The normalized spacial score (nSPS) is 22.4. The first-order chi connectivity index (χ1) is 8.82. The van der Waals surface area contributed by atoms with E-state index in [1.807, 2.05) is 0 Å². The van der Waals surface area contributed by atoms with Crippen molar-refractivity contribution in [3.63, 3.8) is 0 Å². The van der Waals surface area contributed by atoms with Crippen LogP contribution in [0.2, 0.25) is 0 Å². The van der Waals surface area contributed by atoms with E-state index in [2.05, 4.69) is 0 Å². The summed E-state index contributed by atoms with van der Waals surface area (Å²) in [5, 5.41) is 0. The predicted octanol–water partition coefficient (Wildman–Crippen LogP) is 2.65. The molecule has 0 saturated carbocycles. The van der Waals surface area contributed by atoms with Crippen LogP contribution in [-0.4, -0.2) is 32.0 Å². The Labute approximate surface area is 110 Å². The van der Waals surface area contributed by atoms with Gasteiger partial charge in [0.25, 0.3) is 0 Å². The smallest absolute Gasteiger partial charge is 0.207 e. The molecule has 0 radical (unpaired) electrons. The van der Waals surface area contributed by atoms with Gasteiger partial charge < -0.3 is 0 Å². The standard InChI is InChI=1S/C12H14F3NO2S/c13-12(14,15)10-5-4-8-16(9-10)19(17,18)11-6-2-1-3-7-11/h1-3,6-7,10H,4-5,8-9H2. The molecule has 1 saturated heterocycles. The summed E-state index contributed by atoms with van der Waals surface area (Å²) >= 11 is 0. The molecular formula is C12H14F3NO2S. The molecule has 7 heteroatoms. The van der Waals surface area contributed by atoms with E-state index in [-0.39, 0.29) is 24.3 Å². The molecular weight excluding hydrogens is 279 g/mol. The van der Waals surface area contributed by atoms with E-state index < -0.39 is 28.7 Å². The Morgan fingerprint density at radius 3 is 2.37 bits per heavy atom. The Morgan fingerprint density at radius 2 is 1.79 bits per heavy atom. The zero-order chi connectivity index (χ0) is 14.1. The lowest BCUT2D eigenvalue weighted by Gasteiger charge is -2.32. The summed E-state index contributed by atoms with van der Waals surface area (Å²) in [7, 11) is -3.82. The Morgan fingerprint density at radius 1 is 1.16 bits per heavy atom. The molecule has 1 unspecified atom stereocenters. The maximum atomic E-state index is 12.7. The fourth-order valence-corrected chi connectivity index (χ4v) is 3.71. The molecule has 19 heavy (non-hydrogen) atoms. The van der Waals surface area contributed by atoms with Crippen LogP contribution in [0, 0.1) is 5.92 Å². The van der Waals surface area contributed by atoms with Gasteiger partial charge in [0.05, 0.1) is 10.8 Å². The number of rotatable bonds is 2. The highest BCUT2D eigenvalue weighted by molar-refractivity contribution is 7.89. The average Bonchev–Trinajstić information content (AvgIpc) is 2.39. The van der Waals surface area contributed by atoms with Gasteiger partial charge in [0.2, 0.25) is 10.0 Å². The van der Waals surface area contributed by atoms with E-state index in [4.69, 9.17) is 0 Å². The van der Waals surface area contributed by atoms with Crippen molar-refractivity contribution < 1.29 is 21.6 Å². The van der Waals surface area contributed by atoms with Crippen LogP contribution in [0.15, 0.2) is 35.2 Å². The highest BCUT2D eigenvalue weighted by Gasteiger charge is 2.44. The minimum atomic E-state index is -4.34.